The van der Waals surface area contributed by atoms with Gasteiger partial charge in [-0.15, -0.1) is 0 Å². The van der Waals surface area contributed by atoms with Crippen molar-refractivity contribution in [2.75, 3.05) is 6.61 Å². The second-order valence-electron chi connectivity index (χ2n) is 1.39. The fourth-order valence-corrected chi connectivity index (χ4v) is 0.527. The molecule has 8 heavy (non-hydrogen) atoms. The molecule has 1 rings (SSSR count). The average molecular weight is 134 g/mol. The molecule has 44 valence electrons. The molecule has 0 fully saturated rings. The van der Waals surface area contributed by atoms with Crippen molar-refractivity contribution in [1.82, 2.24) is 0 Å². The summed E-state index contributed by atoms with van der Waals surface area (Å²) in [5, 5.41) is 0.301. The van der Waals surface area contributed by atoms with Crippen molar-refractivity contribution in [1.29, 1.82) is 0 Å². The van der Waals surface area contributed by atoms with Gasteiger partial charge < -0.3 is 10.5 Å². The third-order valence-electron chi connectivity index (χ3n) is 0.842. The van der Waals surface area contributed by atoms with E-state index >= 15 is 0 Å². The number of nitrogens with two attached hydrogens (primary N) is 1. The smallest absolute Gasteiger partial charge is 0.355 e. The number of carbonyl (C=O) groups is 1. The van der Waals surface area contributed by atoms with Gasteiger partial charge in [0.2, 0.25) is 0 Å². The van der Waals surface area contributed by atoms with Gasteiger partial charge in [-0.3, -0.25) is 0 Å². The molecule has 1 heterocycles. The van der Waals surface area contributed by atoms with Gasteiger partial charge in [-0.2, -0.15) is 0 Å². The highest BCUT2D eigenvalue weighted by molar-refractivity contribution is 6.32. The van der Waals surface area contributed by atoms with E-state index in [0.717, 1.165) is 0 Å². The molecule has 0 bridgehead atoms. The van der Waals surface area contributed by atoms with Gasteiger partial charge in [0.15, 0.2) is 0 Å². The van der Waals surface area contributed by atoms with Crippen LogP contribution < -0.4 is 5.73 Å². The van der Waals surface area contributed by atoms with Crippen LogP contribution in [0.4, 0.5) is 0 Å². The van der Waals surface area contributed by atoms with Crippen LogP contribution >= 0.6 is 11.6 Å². The Balaban J connectivity index is 2.86. The summed E-state index contributed by atoms with van der Waals surface area (Å²) >= 11 is 5.37. The van der Waals surface area contributed by atoms with Crippen LogP contribution in [0.2, 0.25) is 0 Å². The molecule has 0 aliphatic carbocycles. The second kappa shape index (κ2) is 1.67. The van der Waals surface area contributed by atoms with Crippen LogP contribution in [0, 0.1) is 0 Å². The Morgan fingerprint density at radius 2 is 2.38 bits per heavy atom. The molecule has 0 atom stereocenters. The summed E-state index contributed by atoms with van der Waals surface area (Å²) in [7, 11) is 0. The van der Waals surface area contributed by atoms with E-state index in [1.54, 1.807) is 0 Å². The molecule has 0 spiro atoms. The Morgan fingerprint density at radius 3 is 2.50 bits per heavy atom. The molecule has 2 N–H and O–H groups in total. The van der Waals surface area contributed by atoms with Gasteiger partial charge in [0.25, 0.3) is 0 Å². The molecule has 1 aliphatic heterocycles. The first-order valence-corrected chi connectivity index (χ1v) is 2.41. The molecular formula is C4H4ClNO2. The Bertz CT molecular complexity index is 163. The molecular weight excluding hydrogens is 130 g/mol. The lowest BCUT2D eigenvalue weighted by molar-refractivity contribution is -0.136. The first-order valence-electron chi connectivity index (χ1n) is 2.03. The predicted molar refractivity (Wildman–Crippen MR) is 28.0 cm³/mol. The molecule has 0 aromatic rings. The van der Waals surface area contributed by atoms with Crippen LogP contribution in [-0.2, 0) is 9.53 Å². The zero-order valence-electron chi connectivity index (χ0n) is 3.98. The van der Waals surface area contributed by atoms with E-state index in [-0.39, 0.29) is 12.3 Å². The van der Waals surface area contributed by atoms with Crippen molar-refractivity contribution < 1.29 is 9.53 Å². The maximum Gasteiger partial charge on any atom is 0.355 e. The van der Waals surface area contributed by atoms with E-state index < -0.39 is 5.97 Å². The number of halogens is 1. The molecule has 0 saturated carbocycles. The van der Waals surface area contributed by atoms with E-state index in [2.05, 4.69) is 4.74 Å². The summed E-state index contributed by atoms with van der Waals surface area (Å²) in [6, 6.07) is 0. The van der Waals surface area contributed by atoms with Gasteiger partial charge in [-0.05, 0) is 0 Å². The maximum absolute atomic E-state index is 10.3. The number of esters is 1. The second-order valence-corrected chi connectivity index (χ2v) is 1.85. The zero-order chi connectivity index (χ0) is 6.15. The highest BCUT2D eigenvalue weighted by atomic mass is 35.5. The fourth-order valence-electron chi connectivity index (χ4n) is 0.395. The third-order valence-corrected chi connectivity index (χ3v) is 1.15. The number of hydrogen-bond donors (Lipinski definition) is 1. The van der Waals surface area contributed by atoms with Crippen molar-refractivity contribution in [2.45, 2.75) is 0 Å². The van der Waals surface area contributed by atoms with E-state index in [0.29, 0.717) is 5.03 Å². The maximum atomic E-state index is 10.3. The summed E-state index contributed by atoms with van der Waals surface area (Å²) in [4.78, 5) is 10.3. The van der Waals surface area contributed by atoms with E-state index in [1.807, 2.05) is 0 Å². The van der Waals surface area contributed by atoms with E-state index in [9.17, 15) is 4.79 Å². The van der Waals surface area contributed by atoms with Gasteiger partial charge in [-0.1, -0.05) is 11.6 Å². The summed E-state index contributed by atoms with van der Waals surface area (Å²) in [6.07, 6.45) is 0. The molecule has 0 aromatic heterocycles. The standard InChI is InChI=1S/C4H4ClNO2/c5-2-1-8-4(7)3(2)6/h1,6H2. The van der Waals surface area contributed by atoms with Crippen LogP contribution in [0.3, 0.4) is 0 Å². The number of cyclic esters (lactones) is 1. The summed E-state index contributed by atoms with van der Waals surface area (Å²) < 4.78 is 4.41. The van der Waals surface area contributed by atoms with Crippen LogP contribution in [-0.4, -0.2) is 12.6 Å². The molecule has 0 radical (unpaired) electrons. The molecule has 1 aliphatic rings. The Kier molecular flexibility index (Phi) is 1.13. The van der Waals surface area contributed by atoms with Crippen molar-refractivity contribution in [2.24, 2.45) is 5.73 Å². The SMILES string of the molecule is NC1=C(Cl)COC1=O. The van der Waals surface area contributed by atoms with Crippen molar-refractivity contribution in [3.63, 3.8) is 0 Å². The topological polar surface area (TPSA) is 52.3 Å². The van der Waals surface area contributed by atoms with Crippen LogP contribution in [0.25, 0.3) is 0 Å². The third kappa shape index (κ3) is 0.648. The molecule has 0 unspecified atom stereocenters. The highest BCUT2D eigenvalue weighted by Gasteiger charge is 2.19. The van der Waals surface area contributed by atoms with Gasteiger partial charge in [0.05, 0.1) is 5.03 Å². The number of hydrogen-bond acceptors (Lipinski definition) is 3. The zero-order valence-corrected chi connectivity index (χ0v) is 4.73. The van der Waals surface area contributed by atoms with Crippen LogP contribution in [0.15, 0.2) is 10.7 Å². The summed E-state index contributed by atoms with van der Waals surface area (Å²) in [5.41, 5.74) is 5.13. The van der Waals surface area contributed by atoms with Crippen molar-refractivity contribution in [3.8, 4) is 0 Å². The molecule has 0 aromatic carbocycles. The number of ether oxygens (including phenoxy) is 1. The van der Waals surface area contributed by atoms with Gasteiger partial charge in [-0.25, -0.2) is 4.79 Å². The lowest BCUT2D eigenvalue weighted by Gasteiger charge is -1.85. The monoisotopic (exact) mass is 133 g/mol. The van der Waals surface area contributed by atoms with Crippen molar-refractivity contribution >= 4 is 17.6 Å². The fraction of sp³-hybridized carbons (Fsp3) is 0.250. The first kappa shape index (κ1) is 5.44. The van der Waals surface area contributed by atoms with Gasteiger partial charge in [0, 0.05) is 0 Å². The molecule has 0 amide bonds. The normalized spacial score (nSPS) is 19.4. The molecule has 4 heteroatoms. The predicted octanol–water partition coefficient (Wildman–Crippen LogP) is -0.0477. The van der Waals surface area contributed by atoms with Crippen molar-refractivity contribution in [3.05, 3.63) is 10.7 Å². The summed E-state index contributed by atoms with van der Waals surface area (Å²) in [5.74, 6) is -0.519. The van der Waals surface area contributed by atoms with E-state index in [4.69, 9.17) is 17.3 Å². The Hall–Kier alpha value is -0.700. The highest BCUT2D eigenvalue weighted by Crippen LogP contribution is 2.13. The number of rotatable bonds is 0. The Labute approximate surface area is 51.1 Å². The average Bonchev–Trinajstić information content (AvgIpc) is 1.98. The lowest BCUT2D eigenvalue weighted by Crippen LogP contribution is -2.06. The molecule has 3 nitrogen and oxygen atoms in total. The van der Waals surface area contributed by atoms with E-state index in [1.165, 1.54) is 0 Å². The number of carbonyl (C=O) groups excluding carboxylic acids is 1. The van der Waals surface area contributed by atoms with Crippen LogP contribution in [0.1, 0.15) is 0 Å². The largest absolute Gasteiger partial charge is 0.455 e. The van der Waals surface area contributed by atoms with Crippen LogP contribution in [0.5, 0.6) is 0 Å². The van der Waals surface area contributed by atoms with Gasteiger partial charge in [0.1, 0.15) is 12.3 Å². The minimum absolute atomic E-state index is 0.0340. The van der Waals surface area contributed by atoms with Gasteiger partial charge >= 0.3 is 5.97 Å². The Morgan fingerprint density at radius 1 is 1.75 bits per heavy atom. The molecule has 0 saturated heterocycles. The first-order chi connectivity index (χ1) is 3.72. The minimum Gasteiger partial charge on any atom is -0.455 e. The quantitative estimate of drug-likeness (QED) is 0.472. The summed E-state index contributed by atoms with van der Waals surface area (Å²) in [6.45, 7) is 0.131. The lowest BCUT2D eigenvalue weighted by atomic mass is 10.5. The minimum atomic E-state index is -0.519.